The lowest BCUT2D eigenvalue weighted by molar-refractivity contribution is -0.162. The van der Waals surface area contributed by atoms with Gasteiger partial charge in [-0.25, -0.2) is 0 Å². The zero-order chi connectivity index (χ0) is 8.97. The van der Waals surface area contributed by atoms with Crippen LogP contribution in [0.15, 0.2) is 11.6 Å². The van der Waals surface area contributed by atoms with Gasteiger partial charge < -0.3 is 9.47 Å². The van der Waals surface area contributed by atoms with E-state index in [0.29, 0.717) is 5.88 Å². The second-order valence-electron chi connectivity index (χ2n) is 3.04. The lowest BCUT2D eigenvalue weighted by Gasteiger charge is -2.28. The second-order valence-corrected chi connectivity index (χ2v) is 3.35. The van der Waals surface area contributed by atoms with Crippen LogP contribution >= 0.6 is 11.6 Å². The zero-order valence-corrected chi connectivity index (χ0v) is 8.30. The van der Waals surface area contributed by atoms with Crippen molar-refractivity contribution in [3.63, 3.8) is 0 Å². The third-order valence-electron chi connectivity index (χ3n) is 1.99. The van der Waals surface area contributed by atoms with Crippen molar-refractivity contribution in [2.24, 2.45) is 0 Å². The first-order valence-electron chi connectivity index (χ1n) is 4.18. The van der Waals surface area contributed by atoms with Crippen molar-refractivity contribution < 1.29 is 9.47 Å². The summed E-state index contributed by atoms with van der Waals surface area (Å²) in [6, 6.07) is 0. The van der Waals surface area contributed by atoms with Gasteiger partial charge in [0.15, 0.2) is 6.29 Å². The van der Waals surface area contributed by atoms with Gasteiger partial charge in [0, 0.05) is 19.4 Å². The van der Waals surface area contributed by atoms with Crippen LogP contribution in [0.2, 0.25) is 0 Å². The highest BCUT2D eigenvalue weighted by molar-refractivity contribution is 6.18. The average Bonchev–Trinajstić information content (AvgIpc) is 2.04. The molecule has 1 rings (SSSR count). The number of hydrogen-bond acceptors (Lipinski definition) is 2. The van der Waals surface area contributed by atoms with Crippen LogP contribution < -0.4 is 0 Å². The molecule has 0 spiro atoms. The summed E-state index contributed by atoms with van der Waals surface area (Å²) in [6.07, 6.45) is 4.05. The second kappa shape index (κ2) is 4.85. The predicted molar refractivity (Wildman–Crippen MR) is 49.4 cm³/mol. The molecule has 1 aliphatic rings. The fourth-order valence-corrected chi connectivity index (χ4v) is 1.65. The summed E-state index contributed by atoms with van der Waals surface area (Å²) in [5.74, 6) is 0.582. The number of alkyl halides is 1. The molecule has 0 amide bonds. The quantitative estimate of drug-likeness (QED) is 0.492. The lowest BCUT2D eigenvalue weighted by Crippen LogP contribution is -2.28. The molecule has 0 aromatic rings. The van der Waals surface area contributed by atoms with Crippen molar-refractivity contribution >= 4 is 11.6 Å². The van der Waals surface area contributed by atoms with Gasteiger partial charge in [0.05, 0.1) is 6.10 Å². The molecule has 0 N–H and O–H groups in total. The summed E-state index contributed by atoms with van der Waals surface area (Å²) < 4.78 is 10.6. The van der Waals surface area contributed by atoms with Crippen LogP contribution in [0.5, 0.6) is 0 Å². The third kappa shape index (κ3) is 2.77. The number of ether oxygens (including phenoxy) is 2. The standard InChI is InChI=1S/C9H15ClO2/c1-7-5-8(3-4-10)6-9(11-2)12-7/h3,7,9H,4-6H2,1-2H3/b8-3+. The molecule has 0 radical (unpaired) electrons. The molecule has 0 bridgehead atoms. The number of methoxy groups -OCH3 is 1. The Balaban J connectivity index is 2.51. The molecule has 1 aliphatic heterocycles. The van der Waals surface area contributed by atoms with Gasteiger partial charge in [0.2, 0.25) is 0 Å². The molecule has 3 heteroatoms. The van der Waals surface area contributed by atoms with Crippen molar-refractivity contribution in [1.29, 1.82) is 0 Å². The van der Waals surface area contributed by atoms with Gasteiger partial charge in [0.1, 0.15) is 0 Å². The summed E-state index contributed by atoms with van der Waals surface area (Å²) in [5.41, 5.74) is 1.34. The summed E-state index contributed by atoms with van der Waals surface area (Å²) >= 11 is 5.62. The Kier molecular flexibility index (Phi) is 4.06. The van der Waals surface area contributed by atoms with Crippen LogP contribution in [0.3, 0.4) is 0 Å². The Labute approximate surface area is 78.5 Å². The Morgan fingerprint density at radius 3 is 3.00 bits per heavy atom. The maximum absolute atomic E-state index is 5.62. The SMILES string of the molecule is COC1C/C(=C/CCl)CC(C)O1. The van der Waals surface area contributed by atoms with Crippen molar-refractivity contribution in [3.05, 3.63) is 11.6 Å². The minimum absolute atomic E-state index is 0.0804. The number of rotatable bonds is 2. The van der Waals surface area contributed by atoms with Crippen LogP contribution in [-0.4, -0.2) is 25.4 Å². The molecule has 70 valence electrons. The fourth-order valence-electron chi connectivity index (χ4n) is 1.44. The highest BCUT2D eigenvalue weighted by Gasteiger charge is 2.21. The summed E-state index contributed by atoms with van der Waals surface area (Å²) in [4.78, 5) is 0. The smallest absolute Gasteiger partial charge is 0.161 e. The molecule has 0 aromatic carbocycles. The van der Waals surface area contributed by atoms with Gasteiger partial charge >= 0.3 is 0 Å². The van der Waals surface area contributed by atoms with E-state index in [-0.39, 0.29) is 12.4 Å². The van der Waals surface area contributed by atoms with Gasteiger partial charge in [0.25, 0.3) is 0 Å². The molecule has 2 atom stereocenters. The van der Waals surface area contributed by atoms with E-state index in [9.17, 15) is 0 Å². The van der Waals surface area contributed by atoms with Crippen molar-refractivity contribution in [1.82, 2.24) is 0 Å². The van der Waals surface area contributed by atoms with Gasteiger partial charge in [-0.1, -0.05) is 11.6 Å². The van der Waals surface area contributed by atoms with Crippen molar-refractivity contribution in [3.8, 4) is 0 Å². The normalized spacial score (nSPS) is 34.1. The van der Waals surface area contributed by atoms with E-state index in [1.807, 2.05) is 13.0 Å². The van der Waals surface area contributed by atoms with Gasteiger partial charge in [-0.3, -0.25) is 0 Å². The highest BCUT2D eigenvalue weighted by Crippen LogP contribution is 2.24. The van der Waals surface area contributed by atoms with E-state index < -0.39 is 0 Å². The largest absolute Gasteiger partial charge is 0.356 e. The fraction of sp³-hybridized carbons (Fsp3) is 0.778. The molecule has 0 aliphatic carbocycles. The van der Waals surface area contributed by atoms with Crippen LogP contribution in [0.1, 0.15) is 19.8 Å². The lowest BCUT2D eigenvalue weighted by atomic mass is 10.0. The first kappa shape index (κ1) is 10.0. The topological polar surface area (TPSA) is 18.5 Å². The Bertz CT molecular complexity index is 168. The highest BCUT2D eigenvalue weighted by atomic mass is 35.5. The van der Waals surface area contributed by atoms with Crippen molar-refractivity contribution in [2.45, 2.75) is 32.2 Å². The third-order valence-corrected chi connectivity index (χ3v) is 2.15. The van der Waals surface area contributed by atoms with Crippen LogP contribution in [0.4, 0.5) is 0 Å². The Morgan fingerprint density at radius 1 is 1.67 bits per heavy atom. The molecule has 12 heavy (non-hydrogen) atoms. The minimum Gasteiger partial charge on any atom is -0.356 e. The van der Waals surface area contributed by atoms with E-state index in [1.165, 1.54) is 5.57 Å². The summed E-state index contributed by atoms with van der Waals surface area (Å²) in [7, 11) is 1.67. The van der Waals surface area contributed by atoms with E-state index in [4.69, 9.17) is 21.1 Å². The van der Waals surface area contributed by atoms with Crippen molar-refractivity contribution in [2.75, 3.05) is 13.0 Å². The first-order valence-corrected chi connectivity index (χ1v) is 4.72. The number of halogens is 1. The number of hydrogen-bond donors (Lipinski definition) is 0. The molecular formula is C9H15ClO2. The molecular weight excluding hydrogens is 176 g/mol. The molecule has 1 saturated heterocycles. The zero-order valence-electron chi connectivity index (χ0n) is 7.55. The van der Waals surface area contributed by atoms with E-state index >= 15 is 0 Å². The van der Waals surface area contributed by atoms with Crippen LogP contribution in [0, 0.1) is 0 Å². The molecule has 0 aromatic heterocycles. The Hall–Kier alpha value is -0.0500. The average molecular weight is 191 g/mol. The van der Waals surface area contributed by atoms with Gasteiger partial charge in [-0.15, -0.1) is 11.6 Å². The van der Waals surface area contributed by atoms with E-state index in [2.05, 4.69) is 0 Å². The molecule has 1 fully saturated rings. The maximum Gasteiger partial charge on any atom is 0.161 e. The minimum atomic E-state index is -0.0804. The first-order chi connectivity index (χ1) is 5.76. The van der Waals surface area contributed by atoms with Crippen LogP contribution in [-0.2, 0) is 9.47 Å². The van der Waals surface area contributed by atoms with E-state index in [0.717, 1.165) is 12.8 Å². The summed E-state index contributed by atoms with van der Waals surface area (Å²) in [5, 5.41) is 0. The predicted octanol–water partition coefficient (Wildman–Crippen LogP) is 2.32. The monoisotopic (exact) mass is 190 g/mol. The maximum atomic E-state index is 5.62. The van der Waals surface area contributed by atoms with E-state index in [1.54, 1.807) is 7.11 Å². The molecule has 0 saturated carbocycles. The molecule has 2 nitrogen and oxygen atoms in total. The number of allylic oxidation sites excluding steroid dienone is 1. The van der Waals surface area contributed by atoms with Gasteiger partial charge in [-0.05, 0) is 13.3 Å². The molecule has 1 heterocycles. The van der Waals surface area contributed by atoms with Gasteiger partial charge in [-0.2, -0.15) is 0 Å². The Morgan fingerprint density at radius 2 is 2.42 bits per heavy atom. The summed E-state index contributed by atoms with van der Waals surface area (Å²) in [6.45, 7) is 2.05. The molecule has 2 unspecified atom stereocenters. The van der Waals surface area contributed by atoms with Crippen LogP contribution in [0.25, 0.3) is 0 Å².